The molecule has 25 heavy (non-hydrogen) atoms. The first-order valence-electron chi connectivity index (χ1n) is 8.59. The lowest BCUT2D eigenvalue weighted by Gasteiger charge is -2.36. The number of nitrogens with zero attached hydrogens (tertiary/aromatic N) is 4. The fourth-order valence-corrected chi connectivity index (χ4v) is 4.69. The molecule has 0 bridgehead atoms. The normalized spacial score (nSPS) is 21.5. The first-order valence-corrected chi connectivity index (χ1v) is 9.47. The van der Waals surface area contributed by atoms with Gasteiger partial charge in [0.2, 0.25) is 0 Å². The quantitative estimate of drug-likeness (QED) is 0.783. The summed E-state index contributed by atoms with van der Waals surface area (Å²) in [5, 5.41) is 16.9. The van der Waals surface area contributed by atoms with Gasteiger partial charge in [-0.25, -0.2) is 9.67 Å². The molecule has 6 heteroatoms. The van der Waals surface area contributed by atoms with Gasteiger partial charge in [-0.1, -0.05) is 12.1 Å². The van der Waals surface area contributed by atoms with Crippen LogP contribution in [0, 0.1) is 6.92 Å². The number of aromatic nitrogens is 3. The topological polar surface area (TPSA) is 54.2 Å². The van der Waals surface area contributed by atoms with Crippen molar-refractivity contribution >= 4 is 11.3 Å². The van der Waals surface area contributed by atoms with Crippen molar-refractivity contribution in [1.82, 2.24) is 19.7 Å². The third-order valence-corrected chi connectivity index (χ3v) is 6.08. The molecule has 4 rings (SSSR count). The lowest BCUT2D eigenvalue weighted by atomic mass is 9.90. The molecule has 0 spiro atoms. The van der Waals surface area contributed by atoms with Crippen LogP contribution in [0.2, 0.25) is 0 Å². The molecule has 2 atom stereocenters. The number of thiophene rings is 1. The van der Waals surface area contributed by atoms with Crippen molar-refractivity contribution in [2.45, 2.75) is 31.9 Å². The third kappa shape index (κ3) is 3.51. The fourth-order valence-electron chi connectivity index (χ4n) is 3.56. The van der Waals surface area contributed by atoms with E-state index in [0.29, 0.717) is 0 Å². The number of aliphatic hydroxyl groups is 1. The highest BCUT2D eigenvalue weighted by Crippen LogP contribution is 2.34. The highest BCUT2D eigenvalue weighted by molar-refractivity contribution is 7.10. The number of piperidine rings is 1. The zero-order valence-corrected chi connectivity index (χ0v) is 15.1. The summed E-state index contributed by atoms with van der Waals surface area (Å²) in [7, 11) is 0. The molecule has 5 nitrogen and oxygen atoms in total. The Morgan fingerprint density at radius 3 is 2.72 bits per heavy atom. The minimum Gasteiger partial charge on any atom is -0.391 e. The van der Waals surface area contributed by atoms with Crippen LogP contribution in [0.1, 0.15) is 28.3 Å². The van der Waals surface area contributed by atoms with Crippen LogP contribution in [-0.4, -0.2) is 44.0 Å². The molecule has 3 heterocycles. The second-order valence-electron chi connectivity index (χ2n) is 6.67. The molecule has 1 fully saturated rings. The van der Waals surface area contributed by atoms with E-state index in [-0.39, 0.29) is 12.0 Å². The van der Waals surface area contributed by atoms with Crippen LogP contribution in [-0.2, 0) is 6.54 Å². The average molecular weight is 354 g/mol. The van der Waals surface area contributed by atoms with Crippen LogP contribution >= 0.6 is 11.3 Å². The highest BCUT2D eigenvalue weighted by atomic mass is 32.1. The third-order valence-electron chi connectivity index (χ3n) is 4.93. The molecule has 1 saturated heterocycles. The van der Waals surface area contributed by atoms with Gasteiger partial charge in [0.05, 0.1) is 11.8 Å². The number of β-amino-alcohol motifs (C(OH)–C–C–N with tert-alkyl or cyclic N) is 1. The molecule has 0 amide bonds. The minimum atomic E-state index is -0.291. The van der Waals surface area contributed by atoms with E-state index >= 15 is 0 Å². The van der Waals surface area contributed by atoms with E-state index in [4.69, 9.17) is 0 Å². The Labute approximate surface area is 151 Å². The Hall–Kier alpha value is -2.02. The molecule has 2 aromatic heterocycles. The zero-order chi connectivity index (χ0) is 17.2. The van der Waals surface area contributed by atoms with Crippen molar-refractivity contribution < 1.29 is 5.11 Å². The summed E-state index contributed by atoms with van der Waals surface area (Å²) in [5.41, 5.74) is 3.57. The van der Waals surface area contributed by atoms with Gasteiger partial charge in [-0.15, -0.1) is 11.3 Å². The molecule has 3 aromatic rings. The van der Waals surface area contributed by atoms with E-state index in [1.165, 1.54) is 22.3 Å². The number of rotatable bonds is 4. The molecule has 1 aliphatic rings. The average Bonchev–Trinajstić information content (AvgIpc) is 3.28. The van der Waals surface area contributed by atoms with Gasteiger partial charge in [0.15, 0.2) is 0 Å². The molecule has 1 N–H and O–H groups in total. The molecular formula is C19H22N4OS. The van der Waals surface area contributed by atoms with Gasteiger partial charge in [-0.2, -0.15) is 5.10 Å². The number of aliphatic hydroxyl groups excluding tert-OH is 1. The first kappa shape index (κ1) is 16.4. The Bertz CT molecular complexity index is 812. The molecular weight excluding hydrogens is 332 g/mol. The highest BCUT2D eigenvalue weighted by Gasteiger charge is 2.30. The van der Waals surface area contributed by atoms with E-state index in [1.54, 1.807) is 22.3 Å². The van der Waals surface area contributed by atoms with Gasteiger partial charge in [0.25, 0.3) is 0 Å². The van der Waals surface area contributed by atoms with E-state index in [0.717, 1.165) is 31.7 Å². The smallest absolute Gasteiger partial charge is 0.138 e. The molecule has 0 aliphatic carbocycles. The van der Waals surface area contributed by atoms with Crippen molar-refractivity contribution in [3.63, 3.8) is 0 Å². The molecule has 1 aliphatic heterocycles. The van der Waals surface area contributed by atoms with Crippen molar-refractivity contribution in [3.05, 3.63) is 64.4 Å². The standard InChI is InChI=1S/C19H22N4OS/c1-14-7-9-25-19(14)17-6-8-22(11-18(17)24)10-15-2-4-16(5-3-15)23-13-20-12-21-23/h2-5,7,9,12-13,17-18,24H,6,8,10-11H2,1H3/t17-,18-/m1/s1. The molecule has 0 radical (unpaired) electrons. The number of aryl methyl sites for hydroxylation is 1. The molecule has 130 valence electrons. The van der Waals surface area contributed by atoms with Crippen molar-refractivity contribution in [2.75, 3.05) is 13.1 Å². The van der Waals surface area contributed by atoms with Crippen LogP contribution in [0.15, 0.2) is 48.4 Å². The van der Waals surface area contributed by atoms with Gasteiger partial charge in [-0.3, -0.25) is 4.90 Å². The second kappa shape index (κ2) is 7.07. The summed E-state index contributed by atoms with van der Waals surface area (Å²) >= 11 is 1.77. The van der Waals surface area contributed by atoms with Gasteiger partial charge in [0.1, 0.15) is 12.7 Å². The Kier molecular flexibility index (Phi) is 4.65. The summed E-state index contributed by atoms with van der Waals surface area (Å²) < 4.78 is 1.75. The zero-order valence-electron chi connectivity index (χ0n) is 14.2. The number of hydrogen-bond acceptors (Lipinski definition) is 5. The SMILES string of the molecule is Cc1ccsc1[C@@H]1CCN(Cc2ccc(-n3cncn3)cc2)C[C@H]1O. The minimum absolute atomic E-state index is 0.283. The number of benzene rings is 1. The lowest BCUT2D eigenvalue weighted by molar-refractivity contribution is 0.0485. The van der Waals surface area contributed by atoms with Gasteiger partial charge >= 0.3 is 0 Å². The van der Waals surface area contributed by atoms with Crippen LogP contribution in [0.4, 0.5) is 0 Å². The van der Waals surface area contributed by atoms with Gasteiger partial charge in [0, 0.05) is 23.9 Å². The van der Waals surface area contributed by atoms with Crippen LogP contribution in [0.5, 0.6) is 0 Å². The maximum absolute atomic E-state index is 10.6. The molecule has 0 unspecified atom stereocenters. The Morgan fingerprint density at radius 1 is 1.24 bits per heavy atom. The Balaban J connectivity index is 1.39. The molecule has 1 aromatic carbocycles. The predicted molar refractivity (Wildman–Crippen MR) is 99.1 cm³/mol. The largest absolute Gasteiger partial charge is 0.391 e. The Morgan fingerprint density at radius 2 is 2.08 bits per heavy atom. The van der Waals surface area contributed by atoms with Gasteiger partial charge < -0.3 is 5.11 Å². The maximum atomic E-state index is 10.6. The van der Waals surface area contributed by atoms with Gasteiger partial charge in [-0.05, 0) is 54.6 Å². The lowest BCUT2D eigenvalue weighted by Crippen LogP contribution is -2.42. The van der Waals surface area contributed by atoms with E-state index < -0.39 is 0 Å². The van der Waals surface area contributed by atoms with Crippen molar-refractivity contribution in [3.8, 4) is 5.69 Å². The van der Waals surface area contributed by atoms with Crippen LogP contribution in [0.25, 0.3) is 5.69 Å². The molecule has 0 saturated carbocycles. The van der Waals surface area contributed by atoms with E-state index in [1.807, 2.05) is 0 Å². The van der Waals surface area contributed by atoms with Crippen LogP contribution < -0.4 is 0 Å². The van der Waals surface area contributed by atoms with Crippen LogP contribution in [0.3, 0.4) is 0 Å². The maximum Gasteiger partial charge on any atom is 0.138 e. The fraction of sp³-hybridized carbons (Fsp3) is 0.368. The second-order valence-corrected chi connectivity index (χ2v) is 7.62. The summed E-state index contributed by atoms with van der Waals surface area (Å²) in [5.74, 6) is 0.283. The van der Waals surface area contributed by atoms with Crippen molar-refractivity contribution in [1.29, 1.82) is 0 Å². The van der Waals surface area contributed by atoms with E-state index in [2.05, 4.69) is 57.6 Å². The summed E-state index contributed by atoms with van der Waals surface area (Å²) in [4.78, 5) is 7.67. The summed E-state index contributed by atoms with van der Waals surface area (Å²) in [6.07, 6.45) is 3.96. The number of hydrogen-bond donors (Lipinski definition) is 1. The van der Waals surface area contributed by atoms with E-state index in [9.17, 15) is 5.11 Å². The predicted octanol–water partition coefficient (Wildman–Crippen LogP) is 2.99. The monoisotopic (exact) mass is 354 g/mol. The summed E-state index contributed by atoms with van der Waals surface area (Å²) in [6.45, 7) is 4.75. The first-order chi connectivity index (χ1) is 12.2. The summed E-state index contributed by atoms with van der Waals surface area (Å²) in [6, 6.07) is 10.5. The van der Waals surface area contributed by atoms with Crippen molar-refractivity contribution in [2.24, 2.45) is 0 Å². The number of likely N-dealkylation sites (tertiary alicyclic amines) is 1.